The number of hydrogen-bond donors (Lipinski definition) is 2. The van der Waals surface area contributed by atoms with E-state index in [1.54, 1.807) is 25.0 Å². The van der Waals surface area contributed by atoms with E-state index in [0.717, 1.165) is 27.9 Å². The number of benzene rings is 3. The summed E-state index contributed by atoms with van der Waals surface area (Å²) in [5, 5.41) is 12.5. The Morgan fingerprint density at radius 2 is 1.88 bits per heavy atom. The third kappa shape index (κ3) is 5.39. The molecule has 1 atom stereocenters. The second-order valence-electron chi connectivity index (χ2n) is 9.42. The van der Waals surface area contributed by atoms with Gasteiger partial charge in [0.25, 0.3) is 5.91 Å². The van der Waals surface area contributed by atoms with Crippen molar-refractivity contribution in [3.63, 3.8) is 0 Å². The molecule has 1 aliphatic heterocycles. The molecule has 1 unspecified atom stereocenters. The van der Waals surface area contributed by atoms with Crippen LogP contribution in [0, 0.1) is 13.8 Å². The van der Waals surface area contributed by atoms with E-state index in [0.29, 0.717) is 44.6 Å². The minimum absolute atomic E-state index is 0.243. The largest absolute Gasteiger partial charge is 0.497 e. The monoisotopic (exact) mass is 575 g/mol. The van der Waals surface area contributed by atoms with Crippen LogP contribution in [0.25, 0.3) is 0 Å². The van der Waals surface area contributed by atoms with Crippen LogP contribution in [-0.2, 0) is 10.5 Å². The average molecular weight is 576 g/mol. The molecular weight excluding hydrogens is 546 g/mol. The topological polar surface area (TPSA) is 90.3 Å². The van der Waals surface area contributed by atoms with Crippen LogP contribution in [-0.4, -0.2) is 34.9 Å². The number of carbonyl (C=O) groups excluding carboxylic acids is 1. The molecule has 206 valence electrons. The SMILES string of the molecule is COc1ccc(C2C(C(=O)Nc3cccc(C)c3C)=C(C)Nc3nc(SCc4ccccc4Cl)nn32)c(OC)c1. The molecule has 0 fully saturated rings. The fraction of sp³-hybridized carbons (Fsp3) is 0.233. The molecular formula is C30H30ClN5O3S. The van der Waals surface area contributed by atoms with E-state index in [9.17, 15) is 4.79 Å². The van der Waals surface area contributed by atoms with E-state index < -0.39 is 6.04 Å². The average Bonchev–Trinajstić information content (AvgIpc) is 3.36. The Hall–Kier alpha value is -3.95. The first-order valence-corrected chi connectivity index (χ1v) is 14.1. The molecule has 10 heteroatoms. The number of aryl methyl sites for hydroxylation is 1. The molecule has 2 N–H and O–H groups in total. The van der Waals surface area contributed by atoms with Crippen molar-refractivity contribution in [2.45, 2.75) is 37.7 Å². The number of fused-ring (bicyclic) bond motifs is 1. The summed E-state index contributed by atoms with van der Waals surface area (Å²) in [6, 6.07) is 18.5. The fourth-order valence-corrected chi connectivity index (χ4v) is 5.77. The van der Waals surface area contributed by atoms with Crippen molar-refractivity contribution in [1.82, 2.24) is 14.8 Å². The van der Waals surface area contributed by atoms with Gasteiger partial charge in [-0.15, -0.1) is 5.10 Å². The van der Waals surface area contributed by atoms with Gasteiger partial charge in [0.2, 0.25) is 11.1 Å². The maximum atomic E-state index is 14.0. The third-order valence-corrected chi connectivity index (χ3v) is 8.24. The molecule has 5 rings (SSSR count). The number of aromatic nitrogens is 3. The zero-order valence-corrected chi connectivity index (χ0v) is 24.5. The normalized spacial score (nSPS) is 14.4. The minimum Gasteiger partial charge on any atom is -0.497 e. The van der Waals surface area contributed by atoms with Gasteiger partial charge in [-0.25, -0.2) is 4.68 Å². The van der Waals surface area contributed by atoms with Crippen molar-refractivity contribution in [2.75, 3.05) is 24.9 Å². The van der Waals surface area contributed by atoms with Crippen molar-refractivity contribution < 1.29 is 14.3 Å². The Morgan fingerprint density at radius 3 is 2.62 bits per heavy atom. The summed E-state index contributed by atoms with van der Waals surface area (Å²) < 4.78 is 12.9. The first kappa shape index (κ1) is 27.6. The van der Waals surface area contributed by atoms with E-state index in [-0.39, 0.29) is 5.91 Å². The second-order valence-corrected chi connectivity index (χ2v) is 10.8. The van der Waals surface area contributed by atoms with Gasteiger partial charge in [0, 0.05) is 33.8 Å². The highest BCUT2D eigenvalue weighted by molar-refractivity contribution is 7.98. The van der Waals surface area contributed by atoms with Crippen molar-refractivity contribution in [3.05, 3.63) is 99.2 Å². The van der Waals surface area contributed by atoms with Crippen LogP contribution in [0.1, 0.15) is 35.2 Å². The number of hydrogen-bond acceptors (Lipinski definition) is 7. The molecule has 1 aliphatic rings. The third-order valence-electron chi connectivity index (χ3n) is 6.98. The van der Waals surface area contributed by atoms with Gasteiger partial charge in [0.15, 0.2) is 0 Å². The first-order valence-electron chi connectivity index (χ1n) is 12.7. The van der Waals surface area contributed by atoms with Crippen molar-refractivity contribution in [3.8, 4) is 11.5 Å². The molecule has 40 heavy (non-hydrogen) atoms. The summed E-state index contributed by atoms with van der Waals surface area (Å²) in [4.78, 5) is 18.7. The second kappa shape index (κ2) is 11.7. The van der Waals surface area contributed by atoms with E-state index in [2.05, 4.69) is 10.6 Å². The number of ether oxygens (including phenoxy) is 2. The Morgan fingerprint density at radius 1 is 1.07 bits per heavy atom. The summed E-state index contributed by atoms with van der Waals surface area (Å²) in [5.41, 5.74) is 5.78. The van der Waals surface area contributed by atoms with E-state index >= 15 is 0 Å². The molecule has 0 bridgehead atoms. The van der Waals surface area contributed by atoms with Crippen LogP contribution in [0.2, 0.25) is 5.02 Å². The lowest BCUT2D eigenvalue weighted by molar-refractivity contribution is -0.113. The van der Waals surface area contributed by atoms with Gasteiger partial charge >= 0.3 is 0 Å². The van der Waals surface area contributed by atoms with Crippen molar-refractivity contribution in [2.24, 2.45) is 0 Å². The Bertz CT molecular complexity index is 1620. The molecule has 0 saturated carbocycles. The number of carbonyl (C=O) groups is 1. The van der Waals surface area contributed by atoms with Gasteiger partial charge in [-0.3, -0.25) is 4.79 Å². The molecule has 3 aromatic carbocycles. The number of amides is 1. The van der Waals surface area contributed by atoms with Crippen LogP contribution in [0.4, 0.5) is 11.6 Å². The highest BCUT2D eigenvalue weighted by Gasteiger charge is 2.36. The van der Waals surface area contributed by atoms with E-state index in [1.165, 1.54) is 11.8 Å². The maximum absolute atomic E-state index is 14.0. The number of allylic oxidation sites excluding steroid dienone is 1. The van der Waals surface area contributed by atoms with Crippen LogP contribution in [0.5, 0.6) is 11.5 Å². The Labute approximate surface area is 242 Å². The number of thioether (sulfide) groups is 1. The predicted molar refractivity (Wildman–Crippen MR) is 160 cm³/mol. The van der Waals surface area contributed by atoms with Crippen LogP contribution >= 0.6 is 23.4 Å². The van der Waals surface area contributed by atoms with Gasteiger partial charge in [0.1, 0.15) is 17.5 Å². The molecule has 8 nitrogen and oxygen atoms in total. The number of anilines is 2. The standard InChI is InChI=1S/C30H30ClN5O3S/c1-17-9-8-12-24(18(17)2)33-28(37)26-19(3)32-29-34-30(40-16-20-10-6-7-11-23(20)31)35-36(29)27(26)22-14-13-21(38-4)15-25(22)39-5/h6-15,27H,16H2,1-5H3,(H,33,37)(H,32,34,35). The highest BCUT2D eigenvalue weighted by Crippen LogP contribution is 2.41. The van der Waals surface area contributed by atoms with Crippen LogP contribution in [0.3, 0.4) is 0 Å². The molecule has 1 amide bonds. The summed E-state index contributed by atoms with van der Waals surface area (Å²) in [7, 11) is 3.20. The maximum Gasteiger partial charge on any atom is 0.255 e. The summed E-state index contributed by atoms with van der Waals surface area (Å²) in [6.07, 6.45) is 0. The Balaban J connectivity index is 1.56. The van der Waals surface area contributed by atoms with Crippen LogP contribution < -0.4 is 20.1 Å². The van der Waals surface area contributed by atoms with E-state index in [4.69, 9.17) is 31.2 Å². The number of methoxy groups -OCH3 is 2. The van der Waals surface area contributed by atoms with Crippen molar-refractivity contribution in [1.29, 1.82) is 0 Å². The molecule has 2 heterocycles. The minimum atomic E-state index is -0.607. The fourth-order valence-electron chi connectivity index (χ4n) is 4.65. The summed E-state index contributed by atoms with van der Waals surface area (Å²) in [5.74, 6) is 2.11. The summed E-state index contributed by atoms with van der Waals surface area (Å²) >= 11 is 7.84. The molecule has 1 aromatic heterocycles. The summed E-state index contributed by atoms with van der Waals surface area (Å²) in [6.45, 7) is 5.88. The number of rotatable bonds is 8. The Kier molecular flexibility index (Phi) is 8.04. The molecule has 0 aliphatic carbocycles. The molecule has 0 radical (unpaired) electrons. The number of halogens is 1. The van der Waals surface area contributed by atoms with Gasteiger partial charge in [-0.05, 0) is 61.7 Å². The molecule has 4 aromatic rings. The predicted octanol–water partition coefficient (Wildman–Crippen LogP) is 6.79. The molecule has 0 saturated heterocycles. The lowest BCUT2D eigenvalue weighted by Crippen LogP contribution is -2.32. The van der Waals surface area contributed by atoms with E-state index in [1.807, 2.05) is 75.4 Å². The highest BCUT2D eigenvalue weighted by atomic mass is 35.5. The van der Waals surface area contributed by atoms with Crippen molar-refractivity contribution >= 4 is 40.9 Å². The zero-order chi connectivity index (χ0) is 28.4. The smallest absolute Gasteiger partial charge is 0.255 e. The zero-order valence-electron chi connectivity index (χ0n) is 22.9. The van der Waals surface area contributed by atoms with Gasteiger partial charge in [-0.2, -0.15) is 4.98 Å². The first-order chi connectivity index (χ1) is 19.3. The lowest BCUT2D eigenvalue weighted by Gasteiger charge is -2.29. The molecule has 0 spiro atoms. The number of nitrogens with zero attached hydrogens (tertiary/aromatic N) is 3. The van der Waals surface area contributed by atoms with Gasteiger partial charge in [-0.1, -0.05) is 53.7 Å². The van der Waals surface area contributed by atoms with Gasteiger partial charge < -0.3 is 20.1 Å². The lowest BCUT2D eigenvalue weighted by atomic mass is 9.94. The number of nitrogens with one attached hydrogen (secondary N) is 2. The van der Waals surface area contributed by atoms with Crippen LogP contribution in [0.15, 0.2) is 77.1 Å². The quantitative estimate of drug-likeness (QED) is 0.224. The van der Waals surface area contributed by atoms with Gasteiger partial charge in [0.05, 0.1) is 19.8 Å².